The standard InChI is InChI=1S/C10H15N3O3S/c1-7(2)17(15,16)13-9-5-3-8(4-6-9)12-10(11)14/h3-7,13H,1-2H3,(H3,11,12,14). The van der Waals surface area contributed by atoms with Gasteiger partial charge in [-0.2, -0.15) is 0 Å². The lowest BCUT2D eigenvalue weighted by Gasteiger charge is -2.11. The van der Waals surface area contributed by atoms with Gasteiger partial charge in [-0.25, -0.2) is 13.2 Å². The van der Waals surface area contributed by atoms with Crippen LogP contribution in [0.2, 0.25) is 0 Å². The van der Waals surface area contributed by atoms with E-state index in [-0.39, 0.29) is 0 Å². The maximum atomic E-state index is 11.6. The number of benzene rings is 1. The molecule has 0 aliphatic carbocycles. The normalized spacial score (nSPS) is 11.2. The maximum absolute atomic E-state index is 11.6. The lowest BCUT2D eigenvalue weighted by atomic mass is 10.3. The minimum atomic E-state index is -3.35. The fourth-order valence-corrected chi connectivity index (χ4v) is 1.75. The number of nitrogens with one attached hydrogen (secondary N) is 2. The molecule has 17 heavy (non-hydrogen) atoms. The molecule has 0 heterocycles. The van der Waals surface area contributed by atoms with Crippen LogP contribution in [0.15, 0.2) is 24.3 Å². The molecular formula is C10H15N3O3S. The Bertz CT molecular complexity index is 494. The Morgan fingerprint density at radius 1 is 1.18 bits per heavy atom. The average Bonchev–Trinajstić information content (AvgIpc) is 2.19. The van der Waals surface area contributed by atoms with Gasteiger partial charge in [-0.1, -0.05) is 0 Å². The molecule has 0 bridgehead atoms. The molecule has 1 aromatic rings. The Morgan fingerprint density at radius 3 is 2.06 bits per heavy atom. The molecule has 94 valence electrons. The van der Waals surface area contributed by atoms with Gasteiger partial charge in [0.05, 0.1) is 5.25 Å². The van der Waals surface area contributed by atoms with E-state index in [9.17, 15) is 13.2 Å². The number of nitrogens with two attached hydrogens (primary N) is 1. The number of anilines is 2. The van der Waals surface area contributed by atoms with Crippen LogP contribution in [0, 0.1) is 0 Å². The van der Waals surface area contributed by atoms with E-state index in [2.05, 4.69) is 10.0 Å². The molecular weight excluding hydrogens is 242 g/mol. The predicted molar refractivity (Wildman–Crippen MR) is 67.3 cm³/mol. The molecule has 1 aromatic carbocycles. The largest absolute Gasteiger partial charge is 0.351 e. The number of carbonyl (C=O) groups is 1. The molecule has 1 rings (SSSR count). The third kappa shape index (κ3) is 3.95. The highest BCUT2D eigenvalue weighted by Gasteiger charge is 2.15. The highest BCUT2D eigenvalue weighted by molar-refractivity contribution is 7.93. The third-order valence-electron chi connectivity index (χ3n) is 2.03. The van der Waals surface area contributed by atoms with Gasteiger partial charge in [-0.15, -0.1) is 0 Å². The Morgan fingerprint density at radius 2 is 1.65 bits per heavy atom. The molecule has 0 spiro atoms. The first kappa shape index (κ1) is 13.3. The van der Waals surface area contributed by atoms with Crippen LogP contribution >= 0.6 is 0 Å². The zero-order valence-corrected chi connectivity index (χ0v) is 10.4. The Kier molecular flexibility index (Phi) is 3.95. The van der Waals surface area contributed by atoms with E-state index in [4.69, 9.17) is 5.73 Å². The average molecular weight is 257 g/mol. The van der Waals surface area contributed by atoms with Gasteiger partial charge in [0.15, 0.2) is 0 Å². The lowest BCUT2D eigenvalue weighted by molar-refractivity contribution is 0.259. The quantitative estimate of drug-likeness (QED) is 0.758. The van der Waals surface area contributed by atoms with Crippen LogP contribution in [0.4, 0.5) is 16.2 Å². The number of amides is 2. The van der Waals surface area contributed by atoms with E-state index in [1.54, 1.807) is 38.1 Å². The van der Waals surface area contributed by atoms with Crippen molar-refractivity contribution in [3.8, 4) is 0 Å². The highest BCUT2D eigenvalue weighted by Crippen LogP contribution is 2.15. The number of rotatable bonds is 4. The zero-order chi connectivity index (χ0) is 13.1. The molecule has 4 N–H and O–H groups in total. The van der Waals surface area contributed by atoms with Crippen LogP contribution in [0.3, 0.4) is 0 Å². The minimum absolute atomic E-state index is 0.439. The summed E-state index contributed by atoms with van der Waals surface area (Å²) in [5.41, 5.74) is 5.89. The fraction of sp³-hybridized carbons (Fsp3) is 0.300. The molecule has 0 saturated heterocycles. The summed E-state index contributed by atoms with van der Waals surface area (Å²) in [7, 11) is -3.35. The van der Waals surface area contributed by atoms with Crippen molar-refractivity contribution in [2.24, 2.45) is 5.73 Å². The number of primary amides is 1. The monoisotopic (exact) mass is 257 g/mol. The topological polar surface area (TPSA) is 101 Å². The molecule has 6 nitrogen and oxygen atoms in total. The molecule has 0 atom stereocenters. The molecule has 0 aliphatic heterocycles. The van der Waals surface area contributed by atoms with E-state index < -0.39 is 21.3 Å². The summed E-state index contributed by atoms with van der Waals surface area (Å²) in [6.45, 7) is 3.18. The number of sulfonamides is 1. The Balaban J connectivity index is 2.79. The van der Waals surface area contributed by atoms with Crippen LogP contribution in [0.5, 0.6) is 0 Å². The van der Waals surface area contributed by atoms with Crippen molar-refractivity contribution in [3.05, 3.63) is 24.3 Å². The number of urea groups is 1. The first-order valence-corrected chi connectivity index (χ1v) is 6.54. The first-order valence-electron chi connectivity index (χ1n) is 4.99. The lowest BCUT2D eigenvalue weighted by Crippen LogP contribution is -2.22. The van der Waals surface area contributed by atoms with Gasteiger partial charge in [0, 0.05) is 11.4 Å². The van der Waals surface area contributed by atoms with Crippen LogP contribution in [0.25, 0.3) is 0 Å². The minimum Gasteiger partial charge on any atom is -0.351 e. The SMILES string of the molecule is CC(C)S(=O)(=O)Nc1ccc(NC(N)=O)cc1. The second-order valence-electron chi connectivity index (χ2n) is 3.76. The third-order valence-corrected chi connectivity index (χ3v) is 3.79. The fourth-order valence-electron chi connectivity index (χ4n) is 1.05. The van der Waals surface area contributed by atoms with Crippen molar-refractivity contribution in [2.45, 2.75) is 19.1 Å². The van der Waals surface area contributed by atoms with Gasteiger partial charge in [0.2, 0.25) is 10.0 Å². The maximum Gasteiger partial charge on any atom is 0.316 e. The molecule has 0 aromatic heterocycles. The van der Waals surface area contributed by atoms with Gasteiger partial charge in [0.25, 0.3) is 0 Å². The van der Waals surface area contributed by atoms with E-state index >= 15 is 0 Å². The van der Waals surface area contributed by atoms with Gasteiger partial charge >= 0.3 is 6.03 Å². The van der Waals surface area contributed by atoms with Crippen LogP contribution in [0.1, 0.15) is 13.8 Å². The molecule has 0 radical (unpaired) electrons. The van der Waals surface area contributed by atoms with Crippen molar-refractivity contribution in [1.82, 2.24) is 0 Å². The Labute approximate surface area is 100 Å². The van der Waals surface area contributed by atoms with Crippen LogP contribution < -0.4 is 15.8 Å². The smallest absolute Gasteiger partial charge is 0.316 e. The summed E-state index contributed by atoms with van der Waals surface area (Å²) < 4.78 is 25.5. The van der Waals surface area contributed by atoms with E-state index in [1.807, 2.05) is 0 Å². The second-order valence-corrected chi connectivity index (χ2v) is 6.00. The first-order chi connectivity index (χ1) is 7.81. The van der Waals surface area contributed by atoms with Crippen LogP contribution in [-0.2, 0) is 10.0 Å². The number of hydrogen-bond acceptors (Lipinski definition) is 3. The van der Waals surface area contributed by atoms with Crippen LogP contribution in [-0.4, -0.2) is 19.7 Å². The molecule has 0 aliphatic rings. The molecule has 0 fully saturated rings. The van der Waals surface area contributed by atoms with Gasteiger partial charge in [0.1, 0.15) is 0 Å². The molecule has 7 heteroatoms. The highest BCUT2D eigenvalue weighted by atomic mass is 32.2. The van der Waals surface area contributed by atoms with Gasteiger partial charge < -0.3 is 11.1 Å². The van der Waals surface area contributed by atoms with Gasteiger partial charge in [-0.3, -0.25) is 4.72 Å². The van der Waals surface area contributed by atoms with E-state index in [1.165, 1.54) is 0 Å². The molecule has 2 amide bonds. The summed E-state index contributed by atoms with van der Waals surface area (Å²) in [6, 6.07) is 5.54. The van der Waals surface area contributed by atoms with E-state index in [0.717, 1.165) is 0 Å². The number of hydrogen-bond donors (Lipinski definition) is 3. The zero-order valence-electron chi connectivity index (χ0n) is 9.60. The van der Waals surface area contributed by atoms with Crippen molar-refractivity contribution in [3.63, 3.8) is 0 Å². The Hall–Kier alpha value is -1.76. The van der Waals surface area contributed by atoms with Crippen molar-refractivity contribution in [1.29, 1.82) is 0 Å². The number of carbonyl (C=O) groups excluding carboxylic acids is 1. The second kappa shape index (κ2) is 5.05. The summed E-state index contributed by atoms with van der Waals surface area (Å²) in [4.78, 5) is 10.6. The molecule has 0 saturated carbocycles. The van der Waals surface area contributed by atoms with Crippen molar-refractivity contribution in [2.75, 3.05) is 10.0 Å². The molecule has 0 unspecified atom stereocenters. The predicted octanol–water partition coefficient (Wildman–Crippen LogP) is 1.33. The van der Waals surface area contributed by atoms with Crippen molar-refractivity contribution < 1.29 is 13.2 Å². The van der Waals surface area contributed by atoms with Crippen molar-refractivity contribution >= 4 is 27.4 Å². The van der Waals surface area contributed by atoms with Gasteiger partial charge in [-0.05, 0) is 38.1 Å². The summed E-state index contributed by atoms with van der Waals surface area (Å²) >= 11 is 0. The summed E-state index contributed by atoms with van der Waals surface area (Å²) in [6.07, 6.45) is 0. The summed E-state index contributed by atoms with van der Waals surface area (Å²) in [5.74, 6) is 0. The summed E-state index contributed by atoms with van der Waals surface area (Å²) in [5, 5.41) is 1.87. The van der Waals surface area contributed by atoms with E-state index in [0.29, 0.717) is 11.4 Å².